The maximum Gasteiger partial charge on any atom is 0.338 e. The molecule has 0 aliphatic heterocycles. The summed E-state index contributed by atoms with van der Waals surface area (Å²) in [6.45, 7) is 7.07. The summed E-state index contributed by atoms with van der Waals surface area (Å²) >= 11 is 0. The molecule has 1 amide bonds. The number of rotatable bonds is 6. The summed E-state index contributed by atoms with van der Waals surface area (Å²) in [6, 6.07) is 4.20. The van der Waals surface area contributed by atoms with Gasteiger partial charge in [-0.05, 0) is 37.5 Å². The van der Waals surface area contributed by atoms with E-state index in [1.165, 1.54) is 18.2 Å². The van der Waals surface area contributed by atoms with Gasteiger partial charge in [-0.15, -0.1) is 0 Å². The van der Waals surface area contributed by atoms with Gasteiger partial charge in [-0.25, -0.2) is 13.2 Å². The number of benzene rings is 1. The van der Waals surface area contributed by atoms with Gasteiger partial charge in [-0.2, -0.15) is 0 Å². The Bertz CT molecular complexity index is 694. The Hall–Kier alpha value is -1.89. The molecule has 0 unspecified atom stereocenters. The van der Waals surface area contributed by atoms with Crippen LogP contribution in [0.3, 0.4) is 0 Å². The number of amides is 1. The van der Waals surface area contributed by atoms with Gasteiger partial charge in [-0.3, -0.25) is 4.79 Å². The lowest BCUT2D eigenvalue weighted by atomic mass is 10.1. The highest BCUT2D eigenvalue weighted by Crippen LogP contribution is 2.16. The van der Waals surface area contributed by atoms with Gasteiger partial charge in [0.25, 0.3) is 5.91 Å². The van der Waals surface area contributed by atoms with Gasteiger partial charge in [0.2, 0.25) is 0 Å². The number of esters is 1. The molecule has 1 atom stereocenters. The van der Waals surface area contributed by atoms with Gasteiger partial charge in [-0.1, -0.05) is 19.9 Å². The summed E-state index contributed by atoms with van der Waals surface area (Å²) in [4.78, 5) is 23.8. The standard InChI is InChI=1S/C16H23NO5S/c1-10(2)12(4)17-15(18)9-22-16(19)14-8-13(23(5,20)21)7-6-11(14)3/h6-8,10,12H,9H2,1-5H3,(H,17,18)/t12-/m0/s1. The number of ether oxygens (including phenoxy) is 1. The summed E-state index contributed by atoms with van der Waals surface area (Å²) < 4.78 is 28.1. The summed E-state index contributed by atoms with van der Waals surface area (Å²) in [5.74, 6) is -0.847. The first kappa shape index (κ1) is 19.2. The highest BCUT2D eigenvalue weighted by Gasteiger charge is 2.17. The van der Waals surface area contributed by atoms with Crippen LogP contribution in [0.4, 0.5) is 0 Å². The quantitative estimate of drug-likeness (QED) is 0.796. The minimum Gasteiger partial charge on any atom is -0.452 e. The number of aryl methyl sites for hydroxylation is 1. The van der Waals surface area contributed by atoms with Crippen LogP contribution in [-0.4, -0.2) is 39.2 Å². The number of hydrogen-bond acceptors (Lipinski definition) is 5. The van der Waals surface area contributed by atoms with Crippen molar-refractivity contribution in [3.63, 3.8) is 0 Å². The van der Waals surface area contributed by atoms with Crippen molar-refractivity contribution in [1.29, 1.82) is 0 Å². The molecule has 0 spiro atoms. The van der Waals surface area contributed by atoms with E-state index in [2.05, 4.69) is 5.32 Å². The Labute approximate surface area is 137 Å². The highest BCUT2D eigenvalue weighted by molar-refractivity contribution is 7.90. The second-order valence-electron chi connectivity index (χ2n) is 5.93. The van der Waals surface area contributed by atoms with Crippen LogP contribution in [0.5, 0.6) is 0 Å². The van der Waals surface area contributed by atoms with Crippen molar-refractivity contribution in [2.75, 3.05) is 12.9 Å². The van der Waals surface area contributed by atoms with E-state index in [0.29, 0.717) is 5.56 Å². The van der Waals surface area contributed by atoms with Crippen molar-refractivity contribution < 1.29 is 22.7 Å². The smallest absolute Gasteiger partial charge is 0.338 e. The lowest BCUT2D eigenvalue weighted by Crippen LogP contribution is -2.38. The molecule has 0 heterocycles. The van der Waals surface area contributed by atoms with Gasteiger partial charge in [0.1, 0.15) is 0 Å². The van der Waals surface area contributed by atoms with Crippen molar-refractivity contribution >= 4 is 21.7 Å². The number of carbonyl (C=O) groups excluding carboxylic acids is 2. The van der Waals surface area contributed by atoms with E-state index in [9.17, 15) is 18.0 Å². The fraction of sp³-hybridized carbons (Fsp3) is 0.500. The third-order valence-corrected chi connectivity index (χ3v) is 4.69. The van der Waals surface area contributed by atoms with Crippen LogP contribution in [0.25, 0.3) is 0 Å². The van der Waals surface area contributed by atoms with Crippen molar-refractivity contribution in [2.24, 2.45) is 5.92 Å². The Kier molecular flexibility index (Phi) is 6.32. The first-order valence-electron chi connectivity index (χ1n) is 7.29. The maximum atomic E-state index is 12.1. The largest absolute Gasteiger partial charge is 0.452 e. The lowest BCUT2D eigenvalue weighted by molar-refractivity contribution is -0.125. The number of carbonyl (C=O) groups is 2. The fourth-order valence-electron chi connectivity index (χ4n) is 1.72. The van der Waals surface area contributed by atoms with Gasteiger partial charge < -0.3 is 10.1 Å². The molecule has 1 aromatic carbocycles. The summed E-state index contributed by atoms with van der Waals surface area (Å²) in [5.41, 5.74) is 0.719. The predicted molar refractivity (Wildman–Crippen MR) is 87.0 cm³/mol. The van der Waals surface area contributed by atoms with Gasteiger partial charge in [0, 0.05) is 12.3 Å². The third kappa shape index (κ3) is 5.67. The molecule has 0 fully saturated rings. The zero-order valence-electron chi connectivity index (χ0n) is 14.0. The topological polar surface area (TPSA) is 89.5 Å². The first-order valence-corrected chi connectivity index (χ1v) is 9.18. The third-order valence-electron chi connectivity index (χ3n) is 3.58. The number of sulfone groups is 1. The zero-order chi connectivity index (χ0) is 17.8. The Morgan fingerprint density at radius 3 is 2.35 bits per heavy atom. The molecule has 0 aliphatic rings. The molecular formula is C16H23NO5S. The fourth-order valence-corrected chi connectivity index (χ4v) is 2.37. The number of hydrogen-bond donors (Lipinski definition) is 1. The van der Waals surface area contributed by atoms with Crippen LogP contribution >= 0.6 is 0 Å². The SMILES string of the molecule is Cc1ccc(S(C)(=O)=O)cc1C(=O)OCC(=O)N[C@@H](C)C(C)C. The second kappa shape index (κ2) is 7.59. The monoisotopic (exact) mass is 341 g/mol. The molecule has 6 nitrogen and oxygen atoms in total. The molecule has 0 saturated heterocycles. The van der Waals surface area contributed by atoms with Crippen LogP contribution in [-0.2, 0) is 19.4 Å². The molecule has 0 aliphatic carbocycles. The van der Waals surface area contributed by atoms with E-state index in [-0.39, 0.29) is 22.4 Å². The highest BCUT2D eigenvalue weighted by atomic mass is 32.2. The molecule has 1 aromatic rings. The molecule has 0 radical (unpaired) electrons. The molecule has 23 heavy (non-hydrogen) atoms. The van der Waals surface area contributed by atoms with Crippen LogP contribution in [0.2, 0.25) is 0 Å². The summed E-state index contributed by atoms with van der Waals surface area (Å²) in [7, 11) is -3.42. The van der Waals surface area contributed by atoms with Crippen molar-refractivity contribution in [2.45, 2.75) is 38.6 Å². The van der Waals surface area contributed by atoms with Crippen LogP contribution in [0, 0.1) is 12.8 Å². The lowest BCUT2D eigenvalue weighted by Gasteiger charge is -2.17. The minimum absolute atomic E-state index is 0.0310. The molecule has 7 heteroatoms. The summed E-state index contributed by atoms with van der Waals surface area (Å²) in [5, 5.41) is 2.72. The number of nitrogens with one attached hydrogen (secondary N) is 1. The Balaban J connectivity index is 2.77. The van der Waals surface area contributed by atoms with E-state index < -0.39 is 28.3 Å². The average Bonchev–Trinajstić information content (AvgIpc) is 2.43. The van der Waals surface area contributed by atoms with Gasteiger partial charge in [0.05, 0.1) is 10.5 Å². The normalized spacial score (nSPS) is 12.8. The molecule has 0 saturated carbocycles. The van der Waals surface area contributed by atoms with Crippen molar-refractivity contribution in [3.8, 4) is 0 Å². The molecule has 1 N–H and O–H groups in total. The van der Waals surface area contributed by atoms with Crippen LogP contribution < -0.4 is 5.32 Å². The van der Waals surface area contributed by atoms with Crippen molar-refractivity contribution in [1.82, 2.24) is 5.32 Å². The molecule has 1 rings (SSSR count). The van der Waals surface area contributed by atoms with Gasteiger partial charge in [0.15, 0.2) is 16.4 Å². The van der Waals surface area contributed by atoms with E-state index in [4.69, 9.17) is 4.74 Å². The summed E-state index contributed by atoms with van der Waals surface area (Å²) in [6.07, 6.45) is 1.06. The maximum absolute atomic E-state index is 12.1. The molecule has 0 aromatic heterocycles. The average molecular weight is 341 g/mol. The molecule has 128 valence electrons. The van der Waals surface area contributed by atoms with E-state index in [0.717, 1.165) is 6.26 Å². The van der Waals surface area contributed by atoms with Gasteiger partial charge >= 0.3 is 5.97 Å². The second-order valence-corrected chi connectivity index (χ2v) is 7.94. The van der Waals surface area contributed by atoms with Crippen molar-refractivity contribution in [3.05, 3.63) is 29.3 Å². The van der Waals surface area contributed by atoms with E-state index in [1.54, 1.807) is 6.92 Å². The van der Waals surface area contributed by atoms with Crippen LogP contribution in [0.1, 0.15) is 36.7 Å². The zero-order valence-corrected chi connectivity index (χ0v) is 14.9. The minimum atomic E-state index is -3.42. The van der Waals surface area contributed by atoms with E-state index >= 15 is 0 Å². The Morgan fingerprint density at radius 1 is 1.22 bits per heavy atom. The van der Waals surface area contributed by atoms with E-state index in [1.807, 2.05) is 20.8 Å². The van der Waals surface area contributed by atoms with Crippen LogP contribution in [0.15, 0.2) is 23.1 Å². The molecular weight excluding hydrogens is 318 g/mol. The predicted octanol–water partition coefficient (Wildman–Crippen LogP) is 1.72. The molecule has 0 bridgehead atoms. The first-order chi connectivity index (χ1) is 10.5. The Morgan fingerprint density at radius 2 is 1.83 bits per heavy atom.